The summed E-state index contributed by atoms with van der Waals surface area (Å²) in [6, 6.07) is 10.5. The molecule has 1 aromatic carbocycles. The first kappa shape index (κ1) is 13.7. The van der Waals surface area contributed by atoms with Crippen molar-refractivity contribution in [1.29, 1.82) is 0 Å². The normalized spacial score (nSPS) is 26.7. The summed E-state index contributed by atoms with van der Waals surface area (Å²) in [6.07, 6.45) is 5.10. The Morgan fingerprint density at radius 2 is 2.20 bits per heavy atom. The highest BCUT2D eigenvalue weighted by Gasteiger charge is 2.38. The molecule has 1 aliphatic heterocycles. The van der Waals surface area contributed by atoms with Crippen LogP contribution < -0.4 is 10.1 Å². The molecule has 1 aromatic rings. The Morgan fingerprint density at radius 3 is 2.95 bits per heavy atom. The highest BCUT2D eigenvalue weighted by Crippen LogP contribution is 2.34. The molecule has 3 heteroatoms. The van der Waals surface area contributed by atoms with Gasteiger partial charge < -0.3 is 10.1 Å². The van der Waals surface area contributed by atoms with Crippen LogP contribution in [0.2, 0.25) is 0 Å². The molecule has 2 atom stereocenters. The fourth-order valence-electron chi connectivity index (χ4n) is 3.21. The second-order valence-corrected chi connectivity index (χ2v) is 6.23. The molecule has 1 heterocycles. The van der Waals surface area contributed by atoms with E-state index in [1.54, 1.807) is 0 Å². The van der Waals surface area contributed by atoms with Gasteiger partial charge in [-0.2, -0.15) is 0 Å². The van der Waals surface area contributed by atoms with Crippen molar-refractivity contribution in [1.82, 2.24) is 4.90 Å². The maximum atomic E-state index is 5.70. The van der Waals surface area contributed by atoms with Crippen LogP contribution in [-0.4, -0.2) is 36.2 Å². The molecule has 110 valence electrons. The Kier molecular flexibility index (Phi) is 4.16. The number of likely N-dealkylation sites (tertiary alicyclic amines) is 1. The number of nitrogens with one attached hydrogen (secondary N) is 1. The number of benzene rings is 1. The lowest BCUT2D eigenvalue weighted by Gasteiger charge is -2.20. The van der Waals surface area contributed by atoms with E-state index in [9.17, 15) is 0 Å². The molecule has 3 rings (SSSR count). The molecule has 2 unspecified atom stereocenters. The van der Waals surface area contributed by atoms with Gasteiger partial charge in [0.25, 0.3) is 0 Å². The summed E-state index contributed by atoms with van der Waals surface area (Å²) in [5, 5.41) is 3.68. The summed E-state index contributed by atoms with van der Waals surface area (Å²) < 4.78 is 5.70. The summed E-state index contributed by atoms with van der Waals surface area (Å²) in [4.78, 5) is 2.68. The third kappa shape index (κ3) is 3.26. The van der Waals surface area contributed by atoms with E-state index in [-0.39, 0.29) is 0 Å². The number of hydrogen-bond acceptors (Lipinski definition) is 3. The van der Waals surface area contributed by atoms with Gasteiger partial charge in [-0.3, -0.25) is 4.90 Å². The molecule has 0 radical (unpaired) electrons. The average Bonchev–Trinajstić information content (AvgIpc) is 3.22. The molecule has 2 fully saturated rings. The average molecular weight is 274 g/mol. The zero-order valence-electron chi connectivity index (χ0n) is 12.6. The van der Waals surface area contributed by atoms with Crippen LogP contribution in [0.4, 0.5) is 5.69 Å². The van der Waals surface area contributed by atoms with Crippen LogP contribution >= 0.6 is 0 Å². The number of ether oxygens (including phenoxy) is 1. The van der Waals surface area contributed by atoms with Crippen LogP contribution in [0.25, 0.3) is 0 Å². The Morgan fingerprint density at radius 1 is 1.35 bits per heavy atom. The lowest BCUT2D eigenvalue weighted by molar-refractivity contribution is 0.257. The van der Waals surface area contributed by atoms with Gasteiger partial charge in [-0.05, 0) is 44.7 Å². The molecule has 1 N–H and O–H groups in total. The van der Waals surface area contributed by atoms with Crippen LogP contribution in [0.5, 0.6) is 5.75 Å². The smallest absolute Gasteiger partial charge is 0.121 e. The third-order valence-corrected chi connectivity index (χ3v) is 4.32. The van der Waals surface area contributed by atoms with Crippen molar-refractivity contribution in [2.24, 2.45) is 0 Å². The van der Waals surface area contributed by atoms with Crippen LogP contribution in [0.1, 0.15) is 39.5 Å². The summed E-state index contributed by atoms with van der Waals surface area (Å²) >= 11 is 0. The number of hydrogen-bond donors (Lipinski definition) is 1. The first-order valence-corrected chi connectivity index (χ1v) is 8.01. The summed E-state index contributed by atoms with van der Waals surface area (Å²) in [5.74, 6) is 0.974. The van der Waals surface area contributed by atoms with Gasteiger partial charge in [0.2, 0.25) is 0 Å². The van der Waals surface area contributed by atoms with Crippen LogP contribution in [0.15, 0.2) is 24.3 Å². The van der Waals surface area contributed by atoms with Crippen molar-refractivity contribution in [2.45, 2.75) is 57.7 Å². The molecular formula is C17H26N2O. The monoisotopic (exact) mass is 274 g/mol. The largest absolute Gasteiger partial charge is 0.494 e. The van der Waals surface area contributed by atoms with Crippen LogP contribution in [-0.2, 0) is 0 Å². The molecule has 0 aromatic heterocycles. The Labute approximate surface area is 122 Å². The summed E-state index contributed by atoms with van der Waals surface area (Å²) in [5.41, 5.74) is 1.19. The van der Waals surface area contributed by atoms with Crippen molar-refractivity contribution < 1.29 is 4.74 Å². The first-order valence-electron chi connectivity index (χ1n) is 8.01. The minimum Gasteiger partial charge on any atom is -0.494 e. The van der Waals surface area contributed by atoms with Crippen molar-refractivity contribution >= 4 is 5.69 Å². The van der Waals surface area contributed by atoms with Crippen molar-refractivity contribution in [3.63, 3.8) is 0 Å². The fourth-order valence-corrected chi connectivity index (χ4v) is 3.21. The van der Waals surface area contributed by atoms with Gasteiger partial charge in [0.05, 0.1) is 6.61 Å². The van der Waals surface area contributed by atoms with E-state index < -0.39 is 0 Å². The van der Waals surface area contributed by atoms with Crippen molar-refractivity contribution in [3.8, 4) is 5.75 Å². The second-order valence-electron chi connectivity index (χ2n) is 6.23. The van der Waals surface area contributed by atoms with E-state index in [1.807, 2.05) is 6.07 Å². The lowest BCUT2D eigenvalue weighted by atomic mass is 10.2. The molecule has 2 aliphatic rings. The SMILES string of the molecule is CCCOc1cccc(NC2CC(C)N(C3CC3)C2)c1. The van der Waals surface area contributed by atoms with Crippen LogP contribution in [0, 0.1) is 0 Å². The molecule has 1 saturated carbocycles. The Balaban J connectivity index is 1.57. The van der Waals surface area contributed by atoms with Gasteiger partial charge >= 0.3 is 0 Å². The van der Waals surface area contributed by atoms with Gasteiger partial charge in [-0.1, -0.05) is 13.0 Å². The van der Waals surface area contributed by atoms with Crippen molar-refractivity contribution in [3.05, 3.63) is 24.3 Å². The minimum atomic E-state index is 0.576. The van der Waals surface area contributed by atoms with Gasteiger partial charge in [0, 0.05) is 36.4 Å². The standard InChI is InChI=1S/C17H26N2O/c1-3-9-20-17-6-4-5-14(11-17)18-15-10-13(2)19(12-15)16-7-8-16/h4-6,11,13,15-16,18H,3,7-10,12H2,1-2H3. The van der Waals surface area contributed by atoms with E-state index >= 15 is 0 Å². The molecule has 1 saturated heterocycles. The highest BCUT2D eigenvalue weighted by atomic mass is 16.5. The van der Waals surface area contributed by atoms with Gasteiger partial charge in [0.1, 0.15) is 5.75 Å². The fraction of sp³-hybridized carbons (Fsp3) is 0.647. The van der Waals surface area contributed by atoms with Crippen LogP contribution in [0.3, 0.4) is 0 Å². The second kappa shape index (κ2) is 6.04. The Hall–Kier alpha value is -1.22. The van der Waals surface area contributed by atoms with Gasteiger partial charge in [0.15, 0.2) is 0 Å². The zero-order chi connectivity index (χ0) is 13.9. The predicted molar refractivity (Wildman–Crippen MR) is 83.4 cm³/mol. The van der Waals surface area contributed by atoms with Crippen molar-refractivity contribution in [2.75, 3.05) is 18.5 Å². The van der Waals surface area contributed by atoms with Gasteiger partial charge in [-0.25, -0.2) is 0 Å². The molecule has 0 amide bonds. The zero-order valence-corrected chi connectivity index (χ0v) is 12.6. The summed E-state index contributed by atoms with van der Waals surface area (Å²) in [7, 11) is 0. The molecule has 20 heavy (non-hydrogen) atoms. The van der Waals surface area contributed by atoms with E-state index in [0.717, 1.165) is 30.9 Å². The lowest BCUT2D eigenvalue weighted by Crippen LogP contribution is -2.30. The first-order chi connectivity index (χ1) is 9.76. The van der Waals surface area contributed by atoms with Gasteiger partial charge in [-0.15, -0.1) is 0 Å². The highest BCUT2D eigenvalue weighted by molar-refractivity contribution is 5.49. The maximum Gasteiger partial charge on any atom is 0.121 e. The Bertz CT molecular complexity index is 444. The van der Waals surface area contributed by atoms with E-state index in [0.29, 0.717) is 6.04 Å². The van der Waals surface area contributed by atoms with E-state index in [2.05, 4.69) is 42.3 Å². The predicted octanol–water partition coefficient (Wildman–Crippen LogP) is 3.51. The number of anilines is 1. The molecule has 0 bridgehead atoms. The summed E-state index contributed by atoms with van der Waals surface area (Å²) in [6.45, 7) is 6.47. The van der Waals surface area contributed by atoms with E-state index in [4.69, 9.17) is 4.74 Å². The minimum absolute atomic E-state index is 0.576. The molecule has 0 spiro atoms. The molecule has 3 nitrogen and oxygen atoms in total. The number of nitrogens with zero attached hydrogens (tertiary/aromatic N) is 1. The maximum absolute atomic E-state index is 5.70. The molecular weight excluding hydrogens is 248 g/mol. The topological polar surface area (TPSA) is 24.5 Å². The number of rotatable bonds is 6. The third-order valence-electron chi connectivity index (χ3n) is 4.32. The molecule has 1 aliphatic carbocycles. The van der Waals surface area contributed by atoms with E-state index in [1.165, 1.54) is 31.5 Å². The quantitative estimate of drug-likeness (QED) is 0.859.